The van der Waals surface area contributed by atoms with Crippen molar-refractivity contribution in [2.24, 2.45) is 0 Å². The zero-order valence-corrected chi connectivity index (χ0v) is 17.6. The van der Waals surface area contributed by atoms with Gasteiger partial charge in [0.05, 0.1) is 38.8 Å². The van der Waals surface area contributed by atoms with Gasteiger partial charge in [0.25, 0.3) is 0 Å². The van der Waals surface area contributed by atoms with E-state index < -0.39 is 62.4 Å². The molecule has 2 aromatic carbocycles. The Balaban J connectivity index is 2.37. The maximum absolute atomic E-state index is 13.1. The Morgan fingerprint density at radius 3 is 2.06 bits per heavy atom. The van der Waals surface area contributed by atoms with Gasteiger partial charge in [-0.05, 0) is 36.4 Å². The van der Waals surface area contributed by atoms with Gasteiger partial charge in [-0.25, -0.2) is 8.42 Å². The number of carbonyl (C=O) groups is 1. The fourth-order valence-corrected chi connectivity index (χ4v) is 3.64. The molecule has 0 saturated carbocycles. The average Bonchev–Trinajstić information content (AvgIpc) is 2.59. The van der Waals surface area contributed by atoms with Crippen molar-refractivity contribution in [3.63, 3.8) is 0 Å². The molecule has 0 heterocycles. The normalized spacial score (nSPS) is 12.5. The zero-order chi connectivity index (χ0) is 23.8. The number of anilines is 2. The number of sulfonamides is 1. The summed E-state index contributed by atoms with van der Waals surface area (Å²) < 4.78 is 102. The van der Waals surface area contributed by atoms with Crippen molar-refractivity contribution in [2.45, 2.75) is 12.4 Å². The predicted molar refractivity (Wildman–Crippen MR) is 104 cm³/mol. The molecule has 0 aromatic heterocycles. The number of halogens is 8. The first-order valence-corrected chi connectivity index (χ1v) is 10.6. The molecule has 14 heteroatoms. The van der Waals surface area contributed by atoms with E-state index in [0.717, 1.165) is 18.2 Å². The van der Waals surface area contributed by atoms with Crippen molar-refractivity contribution in [3.8, 4) is 0 Å². The Hall–Kier alpha value is -2.18. The molecule has 0 bridgehead atoms. The average molecular weight is 509 g/mol. The number of amides is 1. The number of rotatable bonds is 5. The van der Waals surface area contributed by atoms with Gasteiger partial charge < -0.3 is 5.32 Å². The Labute approximate surface area is 182 Å². The van der Waals surface area contributed by atoms with Crippen LogP contribution in [0.25, 0.3) is 0 Å². The molecule has 0 fully saturated rings. The van der Waals surface area contributed by atoms with E-state index in [9.17, 15) is 39.6 Å². The van der Waals surface area contributed by atoms with E-state index in [1.165, 1.54) is 0 Å². The second-order valence-corrected chi connectivity index (χ2v) is 8.89. The molecule has 0 aliphatic heterocycles. The van der Waals surface area contributed by atoms with Crippen molar-refractivity contribution >= 4 is 50.5 Å². The first kappa shape index (κ1) is 25.1. The van der Waals surface area contributed by atoms with Crippen molar-refractivity contribution in [1.29, 1.82) is 0 Å². The minimum Gasteiger partial charge on any atom is -0.323 e. The Bertz CT molecular complexity index is 1100. The summed E-state index contributed by atoms with van der Waals surface area (Å²) in [5.41, 5.74) is -3.44. The lowest BCUT2D eigenvalue weighted by molar-refractivity contribution is -0.138. The SMILES string of the molecule is CS(=O)(=O)N(CC(=O)Nc1cc(C(F)(F)F)ccc1Cl)c1ccc(Cl)c(C(F)(F)F)c1. The van der Waals surface area contributed by atoms with Crippen LogP contribution in [0.3, 0.4) is 0 Å². The molecule has 2 rings (SSSR count). The molecule has 0 atom stereocenters. The molecular formula is C17H12Cl2F6N2O3S. The molecular weight excluding hydrogens is 497 g/mol. The second kappa shape index (κ2) is 8.75. The van der Waals surface area contributed by atoms with E-state index in [1.54, 1.807) is 0 Å². The summed E-state index contributed by atoms with van der Waals surface area (Å²) in [6.07, 6.45) is -9.00. The Morgan fingerprint density at radius 2 is 1.55 bits per heavy atom. The van der Waals surface area contributed by atoms with Crippen molar-refractivity contribution in [2.75, 3.05) is 22.4 Å². The lowest BCUT2D eigenvalue weighted by atomic mass is 10.2. The Kier molecular flexibility index (Phi) is 7.08. The largest absolute Gasteiger partial charge is 0.417 e. The van der Waals surface area contributed by atoms with Gasteiger partial charge in [0.15, 0.2) is 0 Å². The van der Waals surface area contributed by atoms with Gasteiger partial charge in [-0.15, -0.1) is 0 Å². The molecule has 2 aromatic rings. The molecule has 0 saturated heterocycles. The molecule has 31 heavy (non-hydrogen) atoms. The molecule has 5 nitrogen and oxygen atoms in total. The van der Waals surface area contributed by atoms with Gasteiger partial charge in [0.2, 0.25) is 15.9 Å². The van der Waals surface area contributed by atoms with Gasteiger partial charge in [-0.3, -0.25) is 9.10 Å². The standard InChI is InChI=1S/C17H12Cl2F6N2O3S/c1-31(29,30)27(10-3-5-12(18)11(7-10)17(23,24)25)8-15(28)26-14-6-9(16(20,21)22)2-4-13(14)19/h2-7H,8H2,1H3,(H,26,28). The highest BCUT2D eigenvalue weighted by Gasteiger charge is 2.35. The van der Waals surface area contributed by atoms with Crippen LogP contribution in [0.4, 0.5) is 37.7 Å². The maximum atomic E-state index is 13.1. The van der Waals surface area contributed by atoms with Crippen LogP contribution in [0.5, 0.6) is 0 Å². The number of alkyl halides is 6. The summed E-state index contributed by atoms with van der Waals surface area (Å²) in [6, 6.07) is 4.28. The number of carbonyl (C=O) groups excluding carboxylic acids is 1. The zero-order valence-electron chi connectivity index (χ0n) is 15.3. The quantitative estimate of drug-likeness (QED) is 0.547. The number of nitrogens with one attached hydrogen (secondary N) is 1. The number of nitrogens with zero attached hydrogens (tertiary/aromatic N) is 1. The molecule has 1 N–H and O–H groups in total. The van der Waals surface area contributed by atoms with E-state index in [2.05, 4.69) is 0 Å². The van der Waals surface area contributed by atoms with Crippen molar-refractivity contribution in [1.82, 2.24) is 0 Å². The number of hydrogen-bond donors (Lipinski definition) is 1. The van der Waals surface area contributed by atoms with Crippen LogP contribution in [-0.4, -0.2) is 27.1 Å². The van der Waals surface area contributed by atoms with Crippen LogP contribution >= 0.6 is 23.2 Å². The lowest BCUT2D eigenvalue weighted by Crippen LogP contribution is -2.37. The predicted octanol–water partition coefficient (Wildman–Crippen LogP) is 5.44. The molecule has 170 valence electrons. The summed E-state index contributed by atoms with van der Waals surface area (Å²) in [5.74, 6) is -1.14. The van der Waals surface area contributed by atoms with Gasteiger partial charge in [-0.1, -0.05) is 23.2 Å². The van der Waals surface area contributed by atoms with Crippen molar-refractivity contribution < 1.29 is 39.6 Å². The summed E-state index contributed by atoms with van der Waals surface area (Å²) >= 11 is 11.3. The molecule has 0 radical (unpaired) electrons. The van der Waals surface area contributed by atoms with Crippen LogP contribution in [0.1, 0.15) is 11.1 Å². The third kappa shape index (κ3) is 6.40. The topological polar surface area (TPSA) is 66.5 Å². The highest BCUT2D eigenvalue weighted by atomic mass is 35.5. The van der Waals surface area contributed by atoms with Crippen LogP contribution in [-0.2, 0) is 27.2 Å². The summed E-state index contributed by atoms with van der Waals surface area (Å²) in [7, 11) is -4.27. The van der Waals surface area contributed by atoms with Crippen LogP contribution in [0.2, 0.25) is 10.0 Å². The van der Waals surface area contributed by atoms with Gasteiger partial charge >= 0.3 is 12.4 Å². The van der Waals surface area contributed by atoms with Crippen LogP contribution in [0, 0.1) is 0 Å². The highest BCUT2D eigenvalue weighted by Crippen LogP contribution is 2.37. The minimum absolute atomic E-state index is 0.266. The summed E-state index contributed by atoms with van der Waals surface area (Å²) in [6.45, 7) is -1.04. The smallest absolute Gasteiger partial charge is 0.323 e. The summed E-state index contributed by atoms with van der Waals surface area (Å²) in [5, 5.41) is 1.07. The second-order valence-electron chi connectivity index (χ2n) is 6.17. The molecule has 0 spiro atoms. The highest BCUT2D eigenvalue weighted by molar-refractivity contribution is 7.92. The van der Waals surface area contributed by atoms with Gasteiger partial charge in [-0.2, -0.15) is 26.3 Å². The third-order valence-corrected chi connectivity index (χ3v) is 5.60. The van der Waals surface area contributed by atoms with E-state index in [0.29, 0.717) is 28.8 Å². The van der Waals surface area contributed by atoms with E-state index >= 15 is 0 Å². The van der Waals surface area contributed by atoms with E-state index in [-0.39, 0.29) is 5.02 Å². The fraction of sp³-hybridized carbons (Fsp3) is 0.235. The first-order chi connectivity index (χ1) is 14.0. The molecule has 0 aliphatic rings. The van der Waals surface area contributed by atoms with Gasteiger partial charge in [0, 0.05) is 0 Å². The van der Waals surface area contributed by atoms with E-state index in [4.69, 9.17) is 23.2 Å². The monoisotopic (exact) mass is 508 g/mol. The van der Waals surface area contributed by atoms with Gasteiger partial charge in [0.1, 0.15) is 6.54 Å². The summed E-state index contributed by atoms with van der Waals surface area (Å²) in [4.78, 5) is 12.3. The molecule has 0 unspecified atom stereocenters. The third-order valence-electron chi connectivity index (χ3n) is 3.80. The van der Waals surface area contributed by atoms with E-state index in [1.807, 2.05) is 5.32 Å². The molecule has 1 amide bonds. The molecule has 0 aliphatic carbocycles. The van der Waals surface area contributed by atoms with Crippen LogP contribution < -0.4 is 9.62 Å². The fourth-order valence-electron chi connectivity index (χ4n) is 2.40. The van der Waals surface area contributed by atoms with Crippen LogP contribution in [0.15, 0.2) is 36.4 Å². The number of benzene rings is 2. The lowest BCUT2D eigenvalue weighted by Gasteiger charge is -2.23. The maximum Gasteiger partial charge on any atom is 0.417 e. The number of hydrogen-bond acceptors (Lipinski definition) is 3. The Morgan fingerprint density at radius 1 is 0.968 bits per heavy atom. The van der Waals surface area contributed by atoms with Crippen molar-refractivity contribution in [3.05, 3.63) is 57.6 Å². The minimum atomic E-state index is -4.90. The first-order valence-electron chi connectivity index (χ1n) is 8.01.